The van der Waals surface area contributed by atoms with E-state index in [0.717, 1.165) is 5.65 Å². The molecular weight excluding hydrogens is 322 g/mol. The fourth-order valence-electron chi connectivity index (χ4n) is 2.23. The van der Waals surface area contributed by atoms with Crippen molar-refractivity contribution in [1.29, 1.82) is 0 Å². The van der Waals surface area contributed by atoms with E-state index >= 15 is 0 Å². The number of aryl methyl sites for hydroxylation is 1. The van der Waals surface area contributed by atoms with Gasteiger partial charge < -0.3 is 4.40 Å². The van der Waals surface area contributed by atoms with Crippen LogP contribution in [0.5, 0.6) is 0 Å². The van der Waals surface area contributed by atoms with Crippen LogP contribution in [0.4, 0.5) is 0 Å². The second-order valence-electron chi connectivity index (χ2n) is 4.93. The Hall–Kier alpha value is -1.89. The molecule has 0 saturated heterocycles. The molecule has 0 unspecified atom stereocenters. The SMILES string of the molecule is Cc1cc(Cl)ccc1S(=O)(=O)NCc1cn2ccccc2n1. The number of hydrogen-bond acceptors (Lipinski definition) is 3. The van der Waals surface area contributed by atoms with Gasteiger partial charge in [0.1, 0.15) is 5.65 Å². The summed E-state index contributed by atoms with van der Waals surface area (Å²) in [7, 11) is -3.60. The van der Waals surface area contributed by atoms with Gasteiger partial charge >= 0.3 is 0 Å². The van der Waals surface area contributed by atoms with E-state index in [-0.39, 0.29) is 11.4 Å². The van der Waals surface area contributed by atoms with Crippen LogP contribution in [0.3, 0.4) is 0 Å². The molecule has 22 heavy (non-hydrogen) atoms. The van der Waals surface area contributed by atoms with Gasteiger partial charge in [-0.25, -0.2) is 18.1 Å². The molecule has 0 atom stereocenters. The van der Waals surface area contributed by atoms with E-state index in [9.17, 15) is 8.42 Å². The number of nitrogens with zero attached hydrogens (tertiary/aromatic N) is 2. The maximum absolute atomic E-state index is 12.4. The molecule has 1 N–H and O–H groups in total. The van der Waals surface area contributed by atoms with Gasteiger partial charge in [-0.15, -0.1) is 0 Å². The Morgan fingerprint density at radius 1 is 1.27 bits per heavy atom. The highest BCUT2D eigenvalue weighted by Gasteiger charge is 2.17. The quantitative estimate of drug-likeness (QED) is 0.797. The van der Waals surface area contributed by atoms with E-state index < -0.39 is 10.0 Å². The van der Waals surface area contributed by atoms with Gasteiger partial charge in [0.25, 0.3) is 0 Å². The van der Waals surface area contributed by atoms with Gasteiger partial charge in [-0.2, -0.15) is 0 Å². The maximum Gasteiger partial charge on any atom is 0.241 e. The smallest absolute Gasteiger partial charge is 0.241 e. The van der Waals surface area contributed by atoms with Crippen LogP contribution in [0.25, 0.3) is 5.65 Å². The number of benzene rings is 1. The average Bonchev–Trinajstić information content (AvgIpc) is 2.87. The zero-order valence-electron chi connectivity index (χ0n) is 11.8. The zero-order chi connectivity index (χ0) is 15.7. The molecule has 0 amide bonds. The molecule has 0 bridgehead atoms. The van der Waals surface area contributed by atoms with Gasteiger partial charge in [0.2, 0.25) is 10.0 Å². The molecule has 7 heteroatoms. The molecule has 3 aromatic rings. The van der Waals surface area contributed by atoms with Crippen molar-refractivity contribution in [3.05, 3.63) is 65.1 Å². The number of imidazole rings is 1. The first kappa shape index (κ1) is 15.0. The summed E-state index contributed by atoms with van der Waals surface area (Å²) in [4.78, 5) is 4.58. The van der Waals surface area contributed by atoms with Crippen molar-refractivity contribution in [1.82, 2.24) is 14.1 Å². The maximum atomic E-state index is 12.4. The fourth-order valence-corrected chi connectivity index (χ4v) is 3.68. The molecule has 0 aliphatic carbocycles. The standard InChI is InChI=1S/C15H14ClN3O2S/c1-11-8-12(16)5-6-14(11)22(20,21)17-9-13-10-19-7-3-2-4-15(19)18-13/h2-8,10,17H,9H2,1H3. The number of nitrogens with one attached hydrogen (secondary N) is 1. The first-order chi connectivity index (χ1) is 10.5. The van der Waals surface area contributed by atoms with E-state index in [1.54, 1.807) is 25.3 Å². The highest BCUT2D eigenvalue weighted by Crippen LogP contribution is 2.19. The predicted octanol–water partition coefficient (Wildman–Crippen LogP) is 2.77. The lowest BCUT2D eigenvalue weighted by Gasteiger charge is -2.08. The summed E-state index contributed by atoms with van der Waals surface area (Å²) in [5, 5.41) is 0.511. The van der Waals surface area contributed by atoms with Crippen molar-refractivity contribution in [3.63, 3.8) is 0 Å². The monoisotopic (exact) mass is 335 g/mol. The van der Waals surface area contributed by atoms with Crippen LogP contribution in [0.2, 0.25) is 5.02 Å². The summed E-state index contributed by atoms with van der Waals surface area (Å²) >= 11 is 5.86. The third-order valence-electron chi connectivity index (χ3n) is 3.28. The topological polar surface area (TPSA) is 63.5 Å². The minimum absolute atomic E-state index is 0.131. The van der Waals surface area contributed by atoms with E-state index in [1.165, 1.54) is 6.07 Å². The molecule has 0 saturated carbocycles. The van der Waals surface area contributed by atoms with Crippen molar-refractivity contribution in [2.24, 2.45) is 0 Å². The number of aromatic nitrogens is 2. The third-order valence-corrected chi connectivity index (χ3v) is 5.08. The van der Waals surface area contributed by atoms with Crippen molar-refractivity contribution >= 4 is 27.3 Å². The van der Waals surface area contributed by atoms with E-state index in [0.29, 0.717) is 16.3 Å². The Labute approximate surface area is 133 Å². The summed E-state index contributed by atoms with van der Waals surface area (Å²) in [5.41, 5.74) is 2.04. The second kappa shape index (κ2) is 5.72. The highest BCUT2D eigenvalue weighted by molar-refractivity contribution is 7.89. The normalized spacial score (nSPS) is 11.9. The molecule has 0 spiro atoms. The Bertz CT molecular complexity index is 902. The molecular formula is C15H14ClN3O2S. The van der Waals surface area contributed by atoms with Gasteiger partial charge in [-0.3, -0.25) is 0 Å². The molecule has 0 radical (unpaired) electrons. The lowest BCUT2D eigenvalue weighted by atomic mass is 10.2. The summed E-state index contributed by atoms with van der Waals surface area (Å²) in [5.74, 6) is 0. The van der Waals surface area contributed by atoms with Gasteiger partial charge in [0, 0.05) is 17.4 Å². The Kier molecular flexibility index (Phi) is 3.90. The number of pyridine rings is 1. The Morgan fingerprint density at radius 2 is 2.09 bits per heavy atom. The van der Waals surface area contributed by atoms with Crippen LogP contribution in [0.15, 0.2) is 53.7 Å². The summed E-state index contributed by atoms with van der Waals surface area (Å²) in [6.07, 6.45) is 3.66. The van der Waals surface area contributed by atoms with Crippen LogP contribution < -0.4 is 4.72 Å². The van der Waals surface area contributed by atoms with E-state index in [1.807, 2.05) is 28.8 Å². The molecule has 5 nitrogen and oxygen atoms in total. The molecule has 0 fully saturated rings. The third kappa shape index (κ3) is 2.99. The zero-order valence-corrected chi connectivity index (χ0v) is 13.4. The molecule has 0 aliphatic heterocycles. The summed E-state index contributed by atoms with van der Waals surface area (Å²) in [6, 6.07) is 10.3. The highest BCUT2D eigenvalue weighted by atomic mass is 35.5. The lowest BCUT2D eigenvalue weighted by molar-refractivity contribution is 0.580. The first-order valence-electron chi connectivity index (χ1n) is 6.64. The molecule has 0 aliphatic rings. The first-order valence-corrected chi connectivity index (χ1v) is 8.50. The minimum Gasteiger partial charge on any atom is -0.307 e. The molecule has 1 aromatic carbocycles. The summed E-state index contributed by atoms with van der Waals surface area (Å²) in [6.45, 7) is 1.84. The van der Waals surface area contributed by atoms with Crippen LogP contribution in [-0.2, 0) is 16.6 Å². The van der Waals surface area contributed by atoms with Crippen molar-refractivity contribution in [2.75, 3.05) is 0 Å². The summed E-state index contributed by atoms with van der Waals surface area (Å²) < 4.78 is 29.1. The van der Waals surface area contributed by atoms with Crippen LogP contribution >= 0.6 is 11.6 Å². The van der Waals surface area contributed by atoms with E-state index in [4.69, 9.17) is 11.6 Å². The Morgan fingerprint density at radius 3 is 2.82 bits per heavy atom. The molecule has 114 valence electrons. The number of halogens is 1. The number of fused-ring (bicyclic) bond motifs is 1. The van der Waals surface area contributed by atoms with Crippen LogP contribution in [-0.4, -0.2) is 17.8 Å². The van der Waals surface area contributed by atoms with Gasteiger partial charge in [-0.05, 0) is 42.8 Å². The lowest BCUT2D eigenvalue weighted by Crippen LogP contribution is -2.24. The minimum atomic E-state index is -3.60. The number of hydrogen-bond donors (Lipinski definition) is 1. The van der Waals surface area contributed by atoms with Gasteiger partial charge in [-0.1, -0.05) is 17.7 Å². The van der Waals surface area contributed by atoms with Crippen LogP contribution in [0.1, 0.15) is 11.3 Å². The Balaban J connectivity index is 1.82. The van der Waals surface area contributed by atoms with Crippen molar-refractivity contribution in [3.8, 4) is 0 Å². The van der Waals surface area contributed by atoms with Crippen molar-refractivity contribution in [2.45, 2.75) is 18.4 Å². The predicted molar refractivity (Wildman–Crippen MR) is 85.4 cm³/mol. The fraction of sp³-hybridized carbons (Fsp3) is 0.133. The van der Waals surface area contributed by atoms with Crippen molar-refractivity contribution < 1.29 is 8.42 Å². The van der Waals surface area contributed by atoms with E-state index in [2.05, 4.69) is 9.71 Å². The van der Waals surface area contributed by atoms with Gasteiger partial charge in [0.05, 0.1) is 17.1 Å². The largest absolute Gasteiger partial charge is 0.307 e. The second-order valence-corrected chi connectivity index (χ2v) is 7.10. The molecule has 2 aromatic heterocycles. The molecule has 2 heterocycles. The average molecular weight is 336 g/mol. The van der Waals surface area contributed by atoms with Crippen LogP contribution in [0, 0.1) is 6.92 Å². The number of sulfonamides is 1. The molecule has 3 rings (SSSR count). The number of rotatable bonds is 4. The van der Waals surface area contributed by atoms with Gasteiger partial charge in [0.15, 0.2) is 0 Å².